The predicted octanol–water partition coefficient (Wildman–Crippen LogP) is 0.727. The number of amides is 1. The Bertz CT molecular complexity index is 416. The summed E-state index contributed by atoms with van der Waals surface area (Å²) in [5.41, 5.74) is 0.324. The lowest BCUT2D eigenvalue weighted by molar-refractivity contribution is -0.147. The molecule has 0 unspecified atom stereocenters. The average molecular weight is 225 g/mol. The highest BCUT2D eigenvalue weighted by Gasteiger charge is 2.12. The third kappa shape index (κ3) is 2.63. The molecule has 0 saturated carbocycles. The maximum atomic E-state index is 10.9. The van der Waals surface area contributed by atoms with Gasteiger partial charge in [0.1, 0.15) is 0 Å². The maximum absolute atomic E-state index is 10.9. The van der Waals surface area contributed by atoms with Crippen LogP contribution in [0.3, 0.4) is 0 Å². The second-order valence-corrected chi connectivity index (χ2v) is 2.83. The van der Waals surface area contributed by atoms with E-state index in [1.165, 1.54) is 26.4 Å². The Balaban J connectivity index is 2.91. The van der Waals surface area contributed by atoms with Gasteiger partial charge >= 0.3 is 11.9 Å². The summed E-state index contributed by atoms with van der Waals surface area (Å²) in [7, 11) is 2.92. The van der Waals surface area contributed by atoms with Crippen LogP contribution in [0.4, 0.5) is 5.69 Å². The van der Waals surface area contributed by atoms with E-state index in [-0.39, 0.29) is 0 Å². The number of carbonyl (C=O) groups is 2. The molecule has 0 heterocycles. The molecule has 0 spiro atoms. The van der Waals surface area contributed by atoms with Gasteiger partial charge < -0.3 is 19.9 Å². The van der Waals surface area contributed by atoms with Crippen molar-refractivity contribution in [1.29, 1.82) is 0 Å². The van der Waals surface area contributed by atoms with Crippen LogP contribution in [0.2, 0.25) is 0 Å². The molecule has 0 aliphatic heterocycles. The predicted molar refractivity (Wildman–Crippen MR) is 55.8 cm³/mol. The van der Waals surface area contributed by atoms with Crippen LogP contribution in [0.5, 0.6) is 11.5 Å². The van der Waals surface area contributed by atoms with Gasteiger partial charge in [0.25, 0.3) is 0 Å². The summed E-state index contributed by atoms with van der Waals surface area (Å²) in [5, 5.41) is 10.6. The zero-order chi connectivity index (χ0) is 12.1. The van der Waals surface area contributed by atoms with Crippen molar-refractivity contribution in [2.24, 2.45) is 0 Å². The summed E-state index contributed by atoms with van der Waals surface area (Å²) < 4.78 is 9.98. The van der Waals surface area contributed by atoms with E-state index in [0.717, 1.165) is 0 Å². The van der Waals surface area contributed by atoms with Crippen LogP contribution in [0, 0.1) is 0 Å². The molecule has 0 bridgehead atoms. The first-order chi connectivity index (χ1) is 7.58. The standard InChI is InChI=1S/C10H11NO5/c1-15-7-4-3-6(5-8(7)16-2)11-9(12)10(13)14/h3-5H,1-2H3,(H,11,12)(H,13,14). The molecule has 1 aromatic rings. The van der Waals surface area contributed by atoms with Crippen molar-refractivity contribution in [3.8, 4) is 11.5 Å². The minimum absolute atomic E-state index is 0.324. The third-order valence-corrected chi connectivity index (χ3v) is 1.84. The molecule has 1 aromatic carbocycles. The number of hydrogen-bond donors (Lipinski definition) is 2. The van der Waals surface area contributed by atoms with Crippen molar-refractivity contribution >= 4 is 17.6 Å². The van der Waals surface area contributed by atoms with Gasteiger partial charge in [0.15, 0.2) is 11.5 Å². The number of hydrogen-bond acceptors (Lipinski definition) is 4. The summed E-state index contributed by atoms with van der Waals surface area (Å²) in [5.74, 6) is -1.75. The average Bonchev–Trinajstić information content (AvgIpc) is 2.28. The molecule has 0 aliphatic rings. The number of carboxylic acids is 1. The quantitative estimate of drug-likeness (QED) is 0.740. The smallest absolute Gasteiger partial charge is 0.394 e. The normalized spacial score (nSPS) is 9.38. The van der Waals surface area contributed by atoms with Crippen LogP contribution in [-0.4, -0.2) is 31.2 Å². The second-order valence-electron chi connectivity index (χ2n) is 2.83. The van der Waals surface area contributed by atoms with Crippen molar-refractivity contribution in [3.05, 3.63) is 18.2 Å². The molecule has 1 amide bonds. The SMILES string of the molecule is COc1ccc(NC(=O)C(=O)O)cc1OC. The summed E-state index contributed by atoms with van der Waals surface area (Å²) in [6.07, 6.45) is 0. The fraction of sp³-hybridized carbons (Fsp3) is 0.200. The van der Waals surface area contributed by atoms with E-state index in [1.807, 2.05) is 0 Å². The molecule has 0 fully saturated rings. The van der Waals surface area contributed by atoms with Gasteiger partial charge in [-0.25, -0.2) is 4.79 Å². The number of rotatable bonds is 3. The molecule has 16 heavy (non-hydrogen) atoms. The van der Waals surface area contributed by atoms with E-state index in [2.05, 4.69) is 5.32 Å². The highest BCUT2D eigenvalue weighted by atomic mass is 16.5. The van der Waals surface area contributed by atoms with Crippen LogP contribution >= 0.6 is 0 Å². The van der Waals surface area contributed by atoms with E-state index in [4.69, 9.17) is 14.6 Å². The van der Waals surface area contributed by atoms with Crippen LogP contribution in [0.1, 0.15) is 0 Å². The lowest BCUT2D eigenvalue weighted by Crippen LogP contribution is -2.21. The molecule has 0 radical (unpaired) electrons. The first kappa shape index (κ1) is 11.8. The third-order valence-electron chi connectivity index (χ3n) is 1.84. The Morgan fingerprint density at radius 3 is 2.31 bits per heavy atom. The van der Waals surface area contributed by atoms with Gasteiger partial charge in [-0.3, -0.25) is 4.79 Å². The molecule has 0 saturated heterocycles. The second kappa shape index (κ2) is 5.01. The van der Waals surface area contributed by atoms with E-state index in [9.17, 15) is 9.59 Å². The fourth-order valence-corrected chi connectivity index (χ4v) is 1.10. The van der Waals surface area contributed by atoms with Crippen molar-refractivity contribution in [2.45, 2.75) is 0 Å². The minimum atomic E-state index is -1.55. The number of carboxylic acid groups (broad SMARTS) is 1. The molecule has 2 N–H and O–H groups in total. The zero-order valence-corrected chi connectivity index (χ0v) is 8.81. The largest absolute Gasteiger partial charge is 0.493 e. The Labute approximate surface area is 91.8 Å². The number of carbonyl (C=O) groups excluding carboxylic acids is 1. The first-order valence-electron chi connectivity index (χ1n) is 4.34. The lowest BCUT2D eigenvalue weighted by atomic mass is 10.2. The van der Waals surface area contributed by atoms with Gasteiger partial charge in [0.05, 0.1) is 14.2 Å². The van der Waals surface area contributed by atoms with Gasteiger partial charge in [0.2, 0.25) is 0 Å². The molecular formula is C10H11NO5. The van der Waals surface area contributed by atoms with Crippen LogP contribution in [0.15, 0.2) is 18.2 Å². The number of ether oxygens (including phenoxy) is 2. The molecule has 0 atom stereocenters. The first-order valence-corrected chi connectivity index (χ1v) is 4.34. The van der Waals surface area contributed by atoms with Gasteiger partial charge in [0, 0.05) is 11.8 Å². The maximum Gasteiger partial charge on any atom is 0.394 e. The molecule has 86 valence electrons. The molecule has 0 aromatic heterocycles. The van der Waals surface area contributed by atoms with E-state index < -0.39 is 11.9 Å². The van der Waals surface area contributed by atoms with Gasteiger partial charge in [-0.05, 0) is 12.1 Å². The zero-order valence-electron chi connectivity index (χ0n) is 8.81. The number of nitrogens with one attached hydrogen (secondary N) is 1. The van der Waals surface area contributed by atoms with Crippen LogP contribution < -0.4 is 14.8 Å². The Morgan fingerprint density at radius 1 is 1.19 bits per heavy atom. The van der Waals surface area contributed by atoms with Gasteiger partial charge in [-0.1, -0.05) is 0 Å². The summed E-state index contributed by atoms with van der Waals surface area (Å²) in [6, 6.07) is 4.55. The van der Waals surface area contributed by atoms with E-state index in [0.29, 0.717) is 17.2 Å². The number of methoxy groups -OCH3 is 2. The summed E-state index contributed by atoms with van der Waals surface area (Å²) in [6.45, 7) is 0. The number of benzene rings is 1. The highest BCUT2D eigenvalue weighted by molar-refractivity contribution is 6.36. The molecule has 6 heteroatoms. The number of aliphatic carboxylic acids is 1. The minimum Gasteiger partial charge on any atom is -0.493 e. The molecule has 1 rings (SSSR count). The highest BCUT2D eigenvalue weighted by Crippen LogP contribution is 2.29. The summed E-state index contributed by atoms with van der Waals surface area (Å²) >= 11 is 0. The topological polar surface area (TPSA) is 84.9 Å². The van der Waals surface area contributed by atoms with Crippen LogP contribution in [0.25, 0.3) is 0 Å². The van der Waals surface area contributed by atoms with Crippen LogP contribution in [-0.2, 0) is 9.59 Å². The lowest BCUT2D eigenvalue weighted by Gasteiger charge is -2.09. The van der Waals surface area contributed by atoms with E-state index in [1.54, 1.807) is 6.07 Å². The number of anilines is 1. The van der Waals surface area contributed by atoms with Gasteiger partial charge in [-0.2, -0.15) is 0 Å². The molecule has 0 aliphatic carbocycles. The van der Waals surface area contributed by atoms with Gasteiger partial charge in [-0.15, -0.1) is 0 Å². The Morgan fingerprint density at radius 2 is 1.81 bits per heavy atom. The Kier molecular flexibility index (Phi) is 3.71. The van der Waals surface area contributed by atoms with Crippen molar-refractivity contribution < 1.29 is 24.2 Å². The van der Waals surface area contributed by atoms with E-state index >= 15 is 0 Å². The van der Waals surface area contributed by atoms with Crippen molar-refractivity contribution in [1.82, 2.24) is 0 Å². The van der Waals surface area contributed by atoms with Crippen molar-refractivity contribution in [3.63, 3.8) is 0 Å². The fourth-order valence-electron chi connectivity index (χ4n) is 1.10. The Hall–Kier alpha value is -2.24. The summed E-state index contributed by atoms with van der Waals surface area (Å²) in [4.78, 5) is 21.2. The molecular weight excluding hydrogens is 214 g/mol. The monoisotopic (exact) mass is 225 g/mol. The molecule has 6 nitrogen and oxygen atoms in total. The van der Waals surface area contributed by atoms with Crippen molar-refractivity contribution in [2.75, 3.05) is 19.5 Å².